The van der Waals surface area contributed by atoms with Crippen LogP contribution in [0.15, 0.2) is 0 Å². The molecule has 0 bridgehead atoms. The zero-order valence-electron chi connectivity index (χ0n) is 10.7. The van der Waals surface area contributed by atoms with E-state index in [2.05, 4.69) is 24.2 Å². The van der Waals surface area contributed by atoms with Crippen molar-refractivity contribution in [3.8, 4) is 0 Å². The molecule has 0 amide bonds. The Morgan fingerprint density at radius 2 is 2.06 bits per heavy atom. The molecule has 1 N–H and O–H groups in total. The molecule has 0 aliphatic carbocycles. The Morgan fingerprint density at radius 1 is 1.31 bits per heavy atom. The molecule has 16 heavy (non-hydrogen) atoms. The summed E-state index contributed by atoms with van der Waals surface area (Å²) in [7, 11) is 2.22. The van der Waals surface area contributed by atoms with Gasteiger partial charge in [0.05, 0.1) is 6.10 Å². The first-order chi connectivity index (χ1) is 7.75. The van der Waals surface area contributed by atoms with Gasteiger partial charge in [0.2, 0.25) is 0 Å². The maximum Gasteiger partial charge on any atom is 0.0700 e. The van der Waals surface area contributed by atoms with Crippen LogP contribution in [0.5, 0.6) is 0 Å². The Balaban J connectivity index is 1.64. The van der Waals surface area contributed by atoms with Gasteiger partial charge in [0, 0.05) is 19.2 Å². The van der Waals surface area contributed by atoms with Crippen molar-refractivity contribution in [1.82, 2.24) is 10.2 Å². The Kier molecular flexibility index (Phi) is 4.62. The molecule has 2 heterocycles. The van der Waals surface area contributed by atoms with Crippen molar-refractivity contribution in [2.45, 2.75) is 44.8 Å². The van der Waals surface area contributed by atoms with Crippen LogP contribution < -0.4 is 5.32 Å². The summed E-state index contributed by atoms with van der Waals surface area (Å²) in [6.07, 6.45) is 5.66. The van der Waals surface area contributed by atoms with Crippen LogP contribution in [0.25, 0.3) is 0 Å². The van der Waals surface area contributed by atoms with Gasteiger partial charge in [-0.25, -0.2) is 0 Å². The summed E-state index contributed by atoms with van der Waals surface area (Å²) in [4.78, 5) is 2.43. The van der Waals surface area contributed by atoms with Crippen LogP contribution in [0.3, 0.4) is 0 Å². The predicted octanol–water partition coefficient (Wildman–Crippen LogP) is 1.49. The second-order valence-corrected chi connectivity index (χ2v) is 5.47. The first-order valence-corrected chi connectivity index (χ1v) is 6.79. The summed E-state index contributed by atoms with van der Waals surface area (Å²) in [5.41, 5.74) is 0. The third-order valence-electron chi connectivity index (χ3n) is 4.16. The van der Waals surface area contributed by atoms with Gasteiger partial charge in [0.15, 0.2) is 0 Å². The summed E-state index contributed by atoms with van der Waals surface area (Å²) >= 11 is 0. The van der Waals surface area contributed by atoms with Crippen LogP contribution in [0.1, 0.15) is 32.6 Å². The number of hydrogen-bond donors (Lipinski definition) is 1. The summed E-state index contributed by atoms with van der Waals surface area (Å²) in [6, 6.07) is 0.651. The fraction of sp³-hybridized carbons (Fsp3) is 1.00. The van der Waals surface area contributed by atoms with Gasteiger partial charge in [0.25, 0.3) is 0 Å². The number of rotatable bonds is 4. The number of nitrogens with zero attached hydrogens (tertiary/aromatic N) is 1. The van der Waals surface area contributed by atoms with Crippen molar-refractivity contribution < 1.29 is 4.74 Å². The molecule has 2 aliphatic rings. The first-order valence-electron chi connectivity index (χ1n) is 6.79. The van der Waals surface area contributed by atoms with Gasteiger partial charge in [-0.2, -0.15) is 0 Å². The number of nitrogens with one attached hydrogen (secondary N) is 1. The maximum atomic E-state index is 5.64. The van der Waals surface area contributed by atoms with Crippen molar-refractivity contribution in [1.29, 1.82) is 0 Å². The predicted molar refractivity (Wildman–Crippen MR) is 66.7 cm³/mol. The van der Waals surface area contributed by atoms with Crippen molar-refractivity contribution >= 4 is 0 Å². The van der Waals surface area contributed by atoms with Gasteiger partial charge in [-0.15, -0.1) is 0 Å². The molecule has 0 saturated carbocycles. The average Bonchev–Trinajstić information content (AvgIpc) is 2.80. The fourth-order valence-electron chi connectivity index (χ4n) is 2.82. The second kappa shape index (κ2) is 5.99. The van der Waals surface area contributed by atoms with E-state index in [1.165, 1.54) is 38.8 Å². The van der Waals surface area contributed by atoms with Gasteiger partial charge in [0.1, 0.15) is 0 Å². The van der Waals surface area contributed by atoms with E-state index in [0.29, 0.717) is 12.1 Å². The number of hydrogen-bond acceptors (Lipinski definition) is 3. The van der Waals surface area contributed by atoms with Gasteiger partial charge in [-0.3, -0.25) is 0 Å². The number of piperidine rings is 1. The molecule has 2 rings (SSSR count). The van der Waals surface area contributed by atoms with Crippen LogP contribution in [-0.4, -0.2) is 50.3 Å². The van der Waals surface area contributed by atoms with E-state index in [1.807, 2.05) is 0 Å². The molecule has 2 aliphatic heterocycles. The largest absolute Gasteiger partial charge is 0.377 e. The molecule has 2 unspecified atom stereocenters. The highest BCUT2D eigenvalue weighted by Crippen LogP contribution is 2.20. The van der Waals surface area contributed by atoms with E-state index in [9.17, 15) is 0 Å². The maximum absolute atomic E-state index is 5.64. The molecule has 2 atom stereocenters. The van der Waals surface area contributed by atoms with Gasteiger partial charge < -0.3 is 15.0 Å². The van der Waals surface area contributed by atoms with Crippen LogP contribution >= 0.6 is 0 Å². The zero-order valence-corrected chi connectivity index (χ0v) is 10.7. The topological polar surface area (TPSA) is 24.5 Å². The lowest BCUT2D eigenvalue weighted by Crippen LogP contribution is -2.42. The molecule has 3 nitrogen and oxygen atoms in total. The third-order valence-corrected chi connectivity index (χ3v) is 4.16. The monoisotopic (exact) mass is 226 g/mol. The van der Waals surface area contributed by atoms with E-state index in [1.54, 1.807) is 0 Å². The average molecular weight is 226 g/mol. The molecular formula is C13H26N2O. The molecule has 94 valence electrons. The SMILES string of the molecule is CC(NCC1CCCO1)C1CCN(C)CC1. The fourth-order valence-corrected chi connectivity index (χ4v) is 2.82. The van der Waals surface area contributed by atoms with Gasteiger partial charge in [-0.1, -0.05) is 0 Å². The highest BCUT2D eigenvalue weighted by Gasteiger charge is 2.23. The summed E-state index contributed by atoms with van der Waals surface area (Å²) in [5.74, 6) is 0.859. The first kappa shape index (κ1) is 12.3. The Morgan fingerprint density at radius 3 is 2.69 bits per heavy atom. The smallest absolute Gasteiger partial charge is 0.0700 e. The van der Waals surface area contributed by atoms with Crippen LogP contribution in [0.4, 0.5) is 0 Å². The lowest BCUT2D eigenvalue weighted by atomic mass is 9.90. The van der Waals surface area contributed by atoms with E-state index >= 15 is 0 Å². The summed E-state index contributed by atoms with van der Waals surface area (Å²) in [6.45, 7) is 6.88. The standard InChI is InChI=1S/C13H26N2O/c1-11(12-5-7-15(2)8-6-12)14-10-13-4-3-9-16-13/h11-14H,3-10H2,1-2H3. The molecule has 2 fully saturated rings. The van der Waals surface area contributed by atoms with Crippen molar-refractivity contribution in [3.05, 3.63) is 0 Å². The van der Waals surface area contributed by atoms with Gasteiger partial charge >= 0.3 is 0 Å². The number of likely N-dealkylation sites (tertiary alicyclic amines) is 1. The third kappa shape index (κ3) is 3.44. The minimum atomic E-state index is 0.480. The Labute approximate surface area is 99.5 Å². The highest BCUT2D eigenvalue weighted by molar-refractivity contribution is 4.80. The minimum Gasteiger partial charge on any atom is -0.377 e. The second-order valence-electron chi connectivity index (χ2n) is 5.47. The minimum absolute atomic E-state index is 0.480. The van der Waals surface area contributed by atoms with Crippen molar-refractivity contribution in [2.24, 2.45) is 5.92 Å². The van der Waals surface area contributed by atoms with E-state index in [0.717, 1.165) is 19.1 Å². The lowest BCUT2D eigenvalue weighted by molar-refractivity contribution is 0.102. The van der Waals surface area contributed by atoms with Crippen LogP contribution in [0.2, 0.25) is 0 Å². The molecule has 0 aromatic carbocycles. The Hall–Kier alpha value is -0.120. The Bertz CT molecular complexity index is 196. The molecule has 0 aromatic heterocycles. The molecule has 0 aromatic rings. The molecule has 3 heteroatoms. The lowest BCUT2D eigenvalue weighted by Gasteiger charge is -2.33. The normalized spacial score (nSPS) is 30.8. The van der Waals surface area contributed by atoms with Crippen molar-refractivity contribution in [2.75, 3.05) is 33.3 Å². The van der Waals surface area contributed by atoms with Crippen LogP contribution in [-0.2, 0) is 4.74 Å². The number of ether oxygens (including phenoxy) is 1. The quantitative estimate of drug-likeness (QED) is 0.786. The van der Waals surface area contributed by atoms with Crippen molar-refractivity contribution in [3.63, 3.8) is 0 Å². The van der Waals surface area contributed by atoms with E-state index in [-0.39, 0.29) is 0 Å². The molecular weight excluding hydrogens is 200 g/mol. The van der Waals surface area contributed by atoms with E-state index in [4.69, 9.17) is 4.74 Å². The molecule has 2 saturated heterocycles. The molecule has 0 radical (unpaired) electrons. The summed E-state index contributed by atoms with van der Waals surface area (Å²) < 4.78 is 5.64. The van der Waals surface area contributed by atoms with E-state index < -0.39 is 0 Å². The van der Waals surface area contributed by atoms with Gasteiger partial charge in [-0.05, 0) is 58.7 Å². The van der Waals surface area contributed by atoms with Crippen LogP contribution in [0, 0.1) is 5.92 Å². The highest BCUT2D eigenvalue weighted by atomic mass is 16.5. The summed E-state index contributed by atoms with van der Waals surface area (Å²) in [5, 5.41) is 3.67. The zero-order chi connectivity index (χ0) is 11.4. The molecule has 0 spiro atoms.